The molecule has 0 unspecified atom stereocenters. The zero-order valence-corrected chi connectivity index (χ0v) is 21.0. The molecule has 0 saturated heterocycles. The molecule has 2 amide bonds. The number of benzene rings is 2. The summed E-state index contributed by atoms with van der Waals surface area (Å²) in [5.74, 6) is -0.671. The molecule has 2 rings (SSSR count). The standard InChI is InChI=1S/C25H35N3O5S/c1-5-19(4)23(27-25(30)33-16-20-11-7-6-8-12-20)24(29)26-15-21-13-9-10-14-22(21)17-34(31,32)28-18(2)3/h6-14,18-19,23,28H,5,15-17H2,1-4H3,(H,26,29)(H,27,30)/t19-,23-/m0/s1. The second kappa shape index (κ2) is 13.1. The molecular weight excluding hydrogens is 454 g/mol. The summed E-state index contributed by atoms with van der Waals surface area (Å²) in [6.45, 7) is 7.57. The first-order chi connectivity index (χ1) is 16.1. The molecule has 9 heteroatoms. The largest absolute Gasteiger partial charge is 0.445 e. The van der Waals surface area contributed by atoms with E-state index < -0.39 is 22.2 Å². The van der Waals surface area contributed by atoms with Crippen LogP contribution < -0.4 is 15.4 Å². The van der Waals surface area contributed by atoms with E-state index in [2.05, 4.69) is 15.4 Å². The lowest BCUT2D eigenvalue weighted by molar-refractivity contribution is -0.124. The molecule has 2 atom stereocenters. The summed E-state index contributed by atoms with van der Waals surface area (Å²) in [5.41, 5.74) is 2.14. The first kappa shape index (κ1) is 27.3. The van der Waals surface area contributed by atoms with Crippen molar-refractivity contribution in [3.8, 4) is 0 Å². The summed E-state index contributed by atoms with van der Waals surface area (Å²) in [7, 11) is -3.51. The molecule has 0 aliphatic rings. The zero-order chi connectivity index (χ0) is 25.1. The number of nitrogens with one attached hydrogen (secondary N) is 3. The van der Waals surface area contributed by atoms with Crippen LogP contribution in [0.3, 0.4) is 0 Å². The molecule has 2 aromatic carbocycles. The Kier molecular flexibility index (Phi) is 10.5. The van der Waals surface area contributed by atoms with Crippen LogP contribution in [0.2, 0.25) is 0 Å². The van der Waals surface area contributed by atoms with Gasteiger partial charge in [0.1, 0.15) is 12.6 Å². The van der Waals surface area contributed by atoms with Crippen molar-refractivity contribution in [3.63, 3.8) is 0 Å². The maximum Gasteiger partial charge on any atom is 0.408 e. The van der Waals surface area contributed by atoms with Crippen molar-refractivity contribution in [3.05, 3.63) is 71.3 Å². The average Bonchev–Trinajstić information content (AvgIpc) is 2.79. The van der Waals surface area contributed by atoms with Crippen molar-refractivity contribution in [2.45, 2.75) is 65.1 Å². The number of hydrogen-bond acceptors (Lipinski definition) is 5. The lowest BCUT2D eigenvalue weighted by Gasteiger charge is -2.23. The first-order valence-corrected chi connectivity index (χ1v) is 13.1. The molecule has 8 nitrogen and oxygen atoms in total. The van der Waals surface area contributed by atoms with Crippen LogP contribution in [0.15, 0.2) is 54.6 Å². The van der Waals surface area contributed by atoms with Crippen molar-refractivity contribution in [1.82, 2.24) is 15.4 Å². The quantitative estimate of drug-likeness (QED) is 0.422. The van der Waals surface area contributed by atoms with E-state index in [4.69, 9.17) is 4.74 Å². The number of rotatable bonds is 12. The van der Waals surface area contributed by atoms with E-state index in [9.17, 15) is 18.0 Å². The third-order valence-corrected chi connectivity index (χ3v) is 6.84. The van der Waals surface area contributed by atoms with Gasteiger partial charge in [-0.1, -0.05) is 74.9 Å². The van der Waals surface area contributed by atoms with E-state index >= 15 is 0 Å². The van der Waals surface area contributed by atoms with Gasteiger partial charge in [-0.25, -0.2) is 17.9 Å². The molecule has 2 aromatic rings. The molecule has 34 heavy (non-hydrogen) atoms. The van der Waals surface area contributed by atoms with Gasteiger partial charge in [0.25, 0.3) is 0 Å². The third kappa shape index (κ3) is 9.15. The predicted octanol–water partition coefficient (Wildman–Crippen LogP) is 3.47. The molecule has 0 aromatic heterocycles. The highest BCUT2D eigenvalue weighted by Gasteiger charge is 2.26. The fraction of sp³-hybridized carbons (Fsp3) is 0.440. The zero-order valence-electron chi connectivity index (χ0n) is 20.2. The minimum absolute atomic E-state index is 0.105. The van der Waals surface area contributed by atoms with E-state index in [1.165, 1.54) is 0 Å². The van der Waals surface area contributed by atoms with Crippen LogP contribution in [0.4, 0.5) is 4.79 Å². The van der Waals surface area contributed by atoms with Crippen molar-refractivity contribution >= 4 is 22.0 Å². The van der Waals surface area contributed by atoms with E-state index in [1.54, 1.807) is 38.1 Å². The molecule has 0 spiro atoms. The van der Waals surface area contributed by atoms with Crippen molar-refractivity contribution < 1.29 is 22.7 Å². The van der Waals surface area contributed by atoms with Crippen LogP contribution in [0.1, 0.15) is 50.8 Å². The third-order valence-electron chi connectivity index (χ3n) is 5.31. The molecule has 186 valence electrons. The van der Waals surface area contributed by atoms with Gasteiger partial charge in [0.2, 0.25) is 15.9 Å². The average molecular weight is 490 g/mol. The fourth-order valence-electron chi connectivity index (χ4n) is 3.36. The Bertz CT molecular complexity index is 1040. The number of amides is 2. The summed E-state index contributed by atoms with van der Waals surface area (Å²) >= 11 is 0. The maximum atomic E-state index is 13.0. The van der Waals surface area contributed by atoms with Gasteiger partial charge in [0, 0.05) is 12.6 Å². The minimum atomic E-state index is -3.51. The molecule has 3 N–H and O–H groups in total. The summed E-state index contributed by atoms with van der Waals surface area (Å²) in [6.07, 6.45) is 0.00259. The summed E-state index contributed by atoms with van der Waals surface area (Å²) < 4.78 is 32.6. The van der Waals surface area contributed by atoms with E-state index in [0.29, 0.717) is 17.5 Å². The monoisotopic (exact) mass is 489 g/mol. The van der Waals surface area contributed by atoms with Crippen LogP contribution in [0.5, 0.6) is 0 Å². The smallest absolute Gasteiger partial charge is 0.408 e. The highest BCUT2D eigenvalue weighted by Crippen LogP contribution is 2.14. The summed E-state index contributed by atoms with van der Waals surface area (Å²) in [6, 6.07) is 15.3. The van der Waals surface area contributed by atoms with Gasteiger partial charge in [0.15, 0.2) is 0 Å². The summed E-state index contributed by atoms with van der Waals surface area (Å²) in [4.78, 5) is 25.3. The lowest BCUT2D eigenvalue weighted by Crippen LogP contribution is -2.50. The second-order valence-electron chi connectivity index (χ2n) is 8.59. The number of sulfonamides is 1. The van der Waals surface area contributed by atoms with Crippen LogP contribution in [-0.2, 0) is 38.5 Å². The Labute approximate surface area is 202 Å². The molecule has 0 heterocycles. The lowest BCUT2D eigenvalue weighted by atomic mass is 9.98. The number of hydrogen-bond donors (Lipinski definition) is 3. The molecule has 0 bridgehead atoms. The van der Waals surface area contributed by atoms with Gasteiger partial charge in [-0.3, -0.25) is 4.79 Å². The highest BCUT2D eigenvalue weighted by molar-refractivity contribution is 7.88. The molecule has 0 radical (unpaired) electrons. The van der Waals surface area contributed by atoms with Gasteiger partial charge in [-0.05, 0) is 36.5 Å². The van der Waals surface area contributed by atoms with Crippen molar-refractivity contribution in [2.75, 3.05) is 0 Å². The van der Waals surface area contributed by atoms with Gasteiger partial charge < -0.3 is 15.4 Å². The number of carbonyl (C=O) groups excluding carboxylic acids is 2. The van der Waals surface area contributed by atoms with Crippen molar-refractivity contribution in [1.29, 1.82) is 0 Å². The van der Waals surface area contributed by atoms with Crippen LogP contribution in [-0.4, -0.2) is 32.5 Å². The Balaban J connectivity index is 2.01. The predicted molar refractivity (Wildman–Crippen MR) is 132 cm³/mol. The van der Waals surface area contributed by atoms with Gasteiger partial charge in [-0.15, -0.1) is 0 Å². The molecule has 0 saturated carbocycles. The normalized spacial score (nSPS) is 13.2. The number of alkyl carbamates (subject to hydrolysis) is 1. The molecule has 0 aliphatic carbocycles. The Hall–Kier alpha value is -2.91. The summed E-state index contributed by atoms with van der Waals surface area (Å²) in [5, 5.41) is 5.51. The van der Waals surface area contributed by atoms with E-state index in [0.717, 1.165) is 5.56 Å². The first-order valence-electron chi connectivity index (χ1n) is 11.4. The second-order valence-corrected chi connectivity index (χ2v) is 10.3. The maximum absolute atomic E-state index is 13.0. The van der Waals surface area contributed by atoms with E-state index in [1.807, 2.05) is 44.2 Å². The Morgan fingerprint density at radius 3 is 2.18 bits per heavy atom. The molecular formula is C25H35N3O5S. The van der Waals surface area contributed by atoms with Gasteiger partial charge in [0.05, 0.1) is 5.75 Å². The van der Waals surface area contributed by atoms with Crippen LogP contribution in [0.25, 0.3) is 0 Å². The van der Waals surface area contributed by atoms with Crippen molar-refractivity contribution in [2.24, 2.45) is 5.92 Å². The SMILES string of the molecule is CC[C@H](C)[C@H](NC(=O)OCc1ccccc1)C(=O)NCc1ccccc1CS(=O)(=O)NC(C)C. The highest BCUT2D eigenvalue weighted by atomic mass is 32.2. The minimum Gasteiger partial charge on any atom is -0.445 e. The fourth-order valence-corrected chi connectivity index (χ4v) is 4.85. The van der Waals surface area contributed by atoms with Crippen LogP contribution in [0, 0.1) is 5.92 Å². The van der Waals surface area contributed by atoms with Gasteiger partial charge >= 0.3 is 6.09 Å². The molecule has 0 aliphatic heterocycles. The Morgan fingerprint density at radius 2 is 1.56 bits per heavy atom. The van der Waals surface area contributed by atoms with Crippen LogP contribution >= 0.6 is 0 Å². The number of carbonyl (C=O) groups is 2. The van der Waals surface area contributed by atoms with Gasteiger partial charge in [-0.2, -0.15) is 0 Å². The molecule has 0 fully saturated rings. The Morgan fingerprint density at radius 1 is 0.941 bits per heavy atom. The van der Waals surface area contributed by atoms with E-state index in [-0.39, 0.29) is 36.8 Å². The number of ether oxygens (including phenoxy) is 1. The topological polar surface area (TPSA) is 114 Å².